The van der Waals surface area contributed by atoms with Crippen LogP contribution in [-0.4, -0.2) is 35.6 Å². The van der Waals surface area contributed by atoms with Gasteiger partial charge in [-0.2, -0.15) is 0 Å². The maximum absolute atomic E-state index is 5.36. The molecular formula is C12H19N5. The Kier molecular flexibility index (Phi) is 2.86. The van der Waals surface area contributed by atoms with Gasteiger partial charge >= 0.3 is 0 Å². The molecule has 0 spiro atoms. The van der Waals surface area contributed by atoms with E-state index in [-0.39, 0.29) is 0 Å². The van der Waals surface area contributed by atoms with Crippen LogP contribution < -0.4 is 16.6 Å². The highest BCUT2D eigenvalue weighted by atomic mass is 15.3. The van der Waals surface area contributed by atoms with Crippen LogP contribution in [0.1, 0.15) is 12.8 Å². The summed E-state index contributed by atoms with van der Waals surface area (Å²) in [6.07, 6.45) is 2.62. The quantitative estimate of drug-likeness (QED) is 0.534. The van der Waals surface area contributed by atoms with Crippen LogP contribution in [0.15, 0.2) is 18.2 Å². The lowest BCUT2D eigenvalue weighted by Gasteiger charge is -2.45. The second-order valence-corrected chi connectivity index (χ2v) is 4.94. The van der Waals surface area contributed by atoms with Gasteiger partial charge < -0.3 is 15.6 Å². The second-order valence-electron chi connectivity index (χ2n) is 4.94. The minimum atomic E-state index is 0.540. The Bertz CT molecular complexity index is 386. The number of anilines is 2. The number of nitrogens with two attached hydrogens (primary N) is 1. The fourth-order valence-electron chi connectivity index (χ4n) is 2.91. The molecule has 4 N–H and O–H groups in total. The summed E-state index contributed by atoms with van der Waals surface area (Å²) in [6, 6.07) is 6.37. The zero-order valence-corrected chi connectivity index (χ0v) is 9.89. The van der Waals surface area contributed by atoms with Crippen LogP contribution in [0.25, 0.3) is 0 Å². The summed E-state index contributed by atoms with van der Waals surface area (Å²) in [5.74, 6) is 7.79. The number of nitrogens with one attached hydrogen (secondary N) is 2. The van der Waals surface area contributed by atoms with Crippen molar-refractivity contribution in [2.45, 2.75) is 18.9 Å². The molecule has 4 heterocycles. The predicted octanol–water partition coefficient (Wildman–Crippen LogP) is 0.873. The van der Waals surface area contributed by atoms with Crippen molar-refractivity contribution in [3.63, 3.8) is 0 Å². The molecule has 17 heavy (non-hydrogen) atoms. The summed E-state index contributed by atoms with van der Waals surface area (Å²) < 4.78 is 0. The first-order valence-corrected chi connectivity index (χ1v) is 6.28. The Morgan fingerprint density at radius 2 is 2.00 bits per heavy atom. The lowest BCUT2D eigenvalue weighted by atomic mass is 9.84. The van der Waals surface area contributed by atoms with E-state index in [1.54, 1.807) is 0 Å². The Morgan fingerprint density at radius 3 is 2.65 bits per heavy atom. The molecule has 92 valence electrons. The average molecular weight is 233 g/mol. The van der Waals surface area contributed by atoms with Crippen molar-refractivity contribution in [3.05, 3.63) is 18.2 Å². The van der Waals surface area contributed by atoms with Gasteiger partial charge in [-0.1, -0.05) is 6.07 Å². The summed E-state index contributed by atoms with van der Waals surface area (Å²) in [4.78, 5) is 6.93. The Balaban J connectivity index is 1.70. The van der Waals surface area contributed by atoms with Gasteiger partial charge in [-0.3, -0.25) is 0 Å². The first-order valence-electron chi connectivity index (χ1n) is 6.28. The third-order valence-corrected chi connectivity index (χ3v) is 3.89. The average Bonchev–Trinajstić information content (AvgIpc) is 2.40. The number of pyridine rings is 1. The van der Waals surface area contributed by atoms with E-state index in [1.807, 2.05) is 18.2 Å². The molecule has 1 atom stereocenters. The number of fused-ring (bicyclic) bond motifs is 3. The van der Waals surface area contributed by atoms with Crippen molar-refractivity contribution in [2.24, 2.45) is 11.8 Å². The van der Waals surface area contributed by atoms with E-state index in [9.17, 15) is 0 Å². The van der Waals surface area contributed by atoms with Crippen molar-refractivity contribution >= 4 is 11.6 Å². The summed E-state index contributed by atoms with van der Waals surface area (Å²) >= 11 is 0. The van der Waals surface area contributed by atoms with Crippen LogP contribution in [0, 0.1) is 5.92 Å². The molecule has 3 aliphatic rings. The number of piperidine rings is 3. The molecule has 3 fully saturated rings. The van der Waals surface area contributed by atoms with E-state index in [0.29, 0.717) is 11.9 Å². The molecular weight excluding hydrogens is 214 g/mol. The predicted molar refractivity (Wildman–Crippen MR) is 68.6 cm³/mol. The minimum Gasteiger partial charge on any atom is -0.366 e. The fraction of sp³-hybridized carbons (Fsp3) is 0.583. The van der Waals surface area contributed by atoms with Crippen LogP contribution >= 0.6 is 0 Å². The molecule has 4 rings (SSSR count). The van der Waals surface area contributed by atoms with Gasteiger partial charge in [0.05, 0.1) is 0 Å². The molecule has 3 saturated heterocycles. The zero-order chi connectivity index (χ0) is 11.7. The molecule has 1 unspecified atom stereocenters. The van der Waals surface area contributed by atoms with Gasteiger partial charge in [0.2, 0.25) is 0 Å². The van der Waals surface area contributed by atoms with E-state index in [0.717, 1.165) is 18.3 Å². The van der Waals surface area contributed by atoms with E-state index < -0.39 is 0 Å². The monoisotopic (exact) mass is 233 g/mol. The molecule has 2 bridgehead atoms. The number of hydrogen-bond acceptors (Lipinski definition) is 5. The van der Waals surface area contributed by atoms with E-state index >= 15 is 0 Å². The van der Waals surface area contributed by atoms with E-state index in [1.165, 1.54) is 25.9 Å². The summed E-state index contributed by atoms with van der Waals surface area (Å²) in [5, 5.41) is 3.54. The third-order valence-electron chi connectivity index (χ3n) is 3.89. The largest absolute Gasteiger partial charge is 0.366 e. The van der Waals surface area contributed by atoms with Crippen LogP contribution in [0.3, 0.4) is 0 Å². The summed E-state index contributed by atoms with van der Waals surface area (Å²) in [6.45, 7) is 3.67. The SMILES string of the molecule is NNc1cccc(NC2CN3CCC2CC3)n1. The molecule has 5 nitrogen and oxygen atoms in total. The lowest BCUT2D eigenvalue weighted by molar-refractivity contribution is 0.0974. The fourth-order valence-corrected chi connectivity index (χ4v) is 2.91. The number of hydrazine groups is 1. The zero-order valence-electron chi connectivity index (χ0n) is 9.89. The number of hydrogen-bond donors (Lipinski definition) is 3. The van der Waals surface area contributed by atoms with Gasteiger partial charge in [0.15, 0.2) is 0 Å². The third kappa shape index (κ3) is 2.21. The first kappa shape index (κ1) is 10.8. The summed E-state index contributed by atoms with van der Waals surface area (Å²) in [5.41, 5.74) is 2.58. The van der Waals surface area contributed by atoms with Crippen molar-refractivity contribution < 1.29 is 0 Å². The van der Waals surface area contributed by atoms with E-state index in [4.69, 9.17) is 5.84 Å². The normalized spacial score (nSPS) is 31.2. The van der Waals surface area contributed by atoms with Crippen molar-refractivity contribution in [1.29, 1.82) is 0 Å². The number of rotatable bonds is 3. The van der Waals surface area contributed by atoms with Gasteiger partial charge in [-0.15, -0.1) is 0 Å². The molecule has 0 aliphatic carbocycles. The Hall–Kier alpha value is -1.33. The Labute approximate surface area is 101 Å². The van der Waals surface area contributed by atoms with Crippen LogP contribution in [-0.2, 0) is 0 Å². The number of nitrogen functional groups attached to an aromatic ring is 1. The number of nitrogens with zero attached hydrogens (tertiary/aromatic N) is 2. The standard InChI is InChI=1S/C12H19N5/c13-16-12-3-1-2-11(15-12)14-10-8-17-6-4-9(10)5-7-17/h1-3,9-10H,4-8,13H2,(H2,14,15,16). The van der Waals surface area contributed by atoms with Crippen LogP contribution in [0.2, 0.25) is 0 Å². The van der Waals surface area contributed by atoms with Gasteiger partial charge in [0, 0.05) is 12.6 Å². The smallest absolute Gasteiger partial charge is 0.142 e. The van der Waals surface area contributed by atoms with Crippen LogP contribution in [0.5, 0.6) is 0 Å². The second kappa shape index (κ2) is 4.50. The molecule has 1 aromatic rings. The highest BCUT2D eigenvalue weighted by molar-refractivity contribution is 5.45. The molecule has 5 heteroatoms. The Morgan fingerprint density at radius 1 is 1.24 bits per heavy atom. The molecule has 0 aromatic carbocycles. The topological polar surface area (TPSA) is 66.2 Å². The van der Waals surface area contributed by atoms with Gasteiger partial charge in [-0.25, -0.2) is 10.8 Å². The minimum absolute atomic E-state index is 0.540. The molecule has 3 aliphatic heterocycles. The first-order chi connectivity index (χ1) is 8.35. The maximum atomic E-state index is 5.36. The van der Waals surface area contributed by atoms with Crippen molar-refractivity contribution in [1.82, 2.24) is 9.88 Å². The van der Waals surface area contributed by atoms with Crippen molar-refractivity contribution in [2.75, 3.05) is 30.4 Å². The molecule has 0 amide bonds. The highest BCUT2D eigenvalue weighted by Gasteiger charge is 2.33. The summed E-state index contributed by atoms with van der Waals surface area (Å²) in [7, 11) is 0. The van der Waals surface area contributed by atoms with Gasteiger partial charge in [0.25, 0.3) is 0 Å². The van der Waals surface area contributed by atoms with Gasteiger partial charge in [0.1, 0.15) is 11.6 Å². The molecule has 1 aromatic heterocycles. The van der Waals surface area contributed by atoms with Crippen molar-refractivity contribution in [3.8, 4) is 0 Å². The lowest BCUT2D eigenvalue weighted by Crippen LogP contribution is -2.53. The maximum Gasteiger partial charge on any atom is 0.142 e. The van der Waals surface area contributed by atoms with E-state index in [2.05, 4.69) is 20.6 Å². The van der Waals surface area contributed by atoms with Crippen LogP contribution in [0.4, 0.5) is 11.6 Å². The highest BCUT2D eigenvalue weighted by Crippen LogP contribution is 2.29. The molecule has 0 radical (unpaired) electrons. The van der Waals surface area contributed by atoms with Gasteiger partial charge in [-0.05, 0) is 44.0 Å². The molecule has 0 saturated carbocycles. The number of aromatic nitrogens is 1.